The monoisotopic (exact) mass is 253 g/mol. The average Bonchev–Trinajstić information content (AvgIpc) is 2.59. The van der Waals surface area contributed by atoms with Gasteiger partial charge in [0.15, 0.2) is 0 Å². The Balaban J connectivity index is 2.79. The van der Waals surface area contributed by atoms with E-state index in [1.165, 1.54) is 11.1 Å². The van der Waals surface area contributed by atoms with E-state index in [9.17, 15) is 0 Å². The zero-order valence-electron chi connectivity index (χ0n) is 12.4. The molecule has 1 rings (SSSR count). The van der Waals surface area contributed by atoms with Crippen molar-refractivity contribution >= 4 is 0 Å². The molecule has 3 nitrogen and oxygen atoms in total. The highest BCUT2D eigenvalue weighted by molar-refractivity contribution is 5.34. The molecule has 1 unspecified atom stereocenters. The van der Waals surface area contributed by atoms with E-state index in [0.29, 0.717) is 6.04 Å². The van der Waals surface area contributed by atoms with Gasteiger partial charge >= 0.3 is 0 Å². The van der Waals surface area contributed by atoms with Gasteiger partial charge in [0.25, 0.3) is 0 Å². The SMILES string of the molecule is CCCNC(CCCOC)c1c(C)oc(C)c1C. The van der Waals surface area contributed by atoms with E-state index in [0.717, 1.165) is 43.9 Å². The second-order valence-corrected chi connectivity index (χ2v) is 4.89. The zero-order valence-corrected chi connectivity index (χ0v) is 12.4. The van der Waals surface area contributed by atoms with Crippen LogP contribution in [0.1, 0.15) is 54.9 Å². The second-order valence-electron chi connectivity index (χ2n) is 4.89. The molecule has 3 heteroatoms. The molecule has 1 N–H and O–H groups in total. The number of nitrogens with one attached hydrogen (secondary N) is 1. The fourth-order valence-corrected chi connectivity index (χ4v) is 2.42. The van der Waals surface area contributed by atoms with Crippen molar-refractivity contribution in [3.05, 3.63) is 22.6 Å². The first kappa shape index (κ1) is 15.3. The molecule has 0 bridgehead atoms. The number of rotatable bonds is 8. The Morgan fingerprint density at radius 3 is 2.44 bits per heavy atom. The predicted molar refractivity (Wildman–Crippen MR) is 75.1 cm³/mol. The minimum Gasteiger partial charge on any atom is -0.466 e. The summed E-state index contributed by atoms with van der Waals surface area (Å²) in [4.78, 5) is 0. The van der Waals surface area contributed by atoms with Crippen LogP contribution in [0.5, 0.6) is 0 Å². The fraction of sp³-hybridized carbons (Fsp3) is 0.733. The van der Waals surface area contributed by atoms with Crippen molar-refractivity contribution in [1.82, 2.24) is 5.32 Å². The smallest absolute Gasteiger partial charge is 0.106 e. The number of methoxy groups -OCH3 is 1. The van der Waals surface area contributed by atoms with Gasteiger partial charge in [-0.05, 0) is 52.1 Å². The van der Waals surface area contributed by atoms with E-state index in [2.05, 4.69) is 26.1 Å². The third-order valence-corrected chi connectivity index (χ3v) is 3.45. The summed E-state index contributed by atoms with van der Waals surface area (Å²) >= 11 is 0. The summed E-state index contributed by atoms with van der Waals surface area (Å²) in [6.07, 6.45) is 3.31. The van der Waals surface area contributed by atoms with Gasteiger partial charge in [0.05, 0.1) is 0 Å². The Hall–Kier alpha value is -0.800. The topological polar surface area (TPSA) is 34.4 Å². The number of ether oxygens (including phenoxy) is 1. The van der Waals surface area contributed by atoms with Crippen LogP contribution in [0, 0.1) is 20.8 Å². The van der Waals surface area contributed by atoms with Gasteiger partial charge in [0.2, 0.25) is 0 Å². The van der Waals surface area contributed by atoms with Crippen molar-refractivity contribution < 1.29 is 9.15 Å². The minimum atomic E-state index is 0.387. The maximum absolute atomic E-state index is 5.74. The lowest BCUT2D eigenvalue weighted by Crippen LogP contribution is -2.23. The van der Waals surface area contributed by atoms with Gasteiger partial charge in [-0.1, -0.05) is 6.92 Å². The Kier molecular flexibility index (Phi) is 6.44. The molecule has 0 saturated heterocycles. The lowest BCUT2D eigenvalue weighted by atomic mass is 9.98. The minimum absolute atomic E-state index is 0.387. The van der Waals surface area contributed by atoms with Crippen molar-refractivity contribution in [2.24, 2.45) is 0 Å². The van der Waals surface area contributed by atoms with Crippen molar-refractivity contribution in [2.45, 2.75) is 53.0 Å². The van der Waals surface area contributed by atoms with Crippen LogP contribution < -0.4 is 5.32 Å². The van der Waals surface area contributed by atoms with Crippen LogP contribution in [-0.2, 0) is 4.74 Å². The summed E-state index contributed by atoms with van der Waals surface area (Å²) < 4.78 is 10.9. The third kappa shape index (κ3) is 3.85. The molecule has 0 aromatic carbocycles. The van der Waals surface area contributed by atoms with E-state index < -0.39 is 0 Å². The van der Waals surface area contributed by atoms with Gasteiger partial charge in [-0.3, -0.25) is 0 Å². The summed E-state index contributed by atoms with van der Waals surface area (Å²) in [6.45, 7) is 10.3. The van der Waals surface area contributed by atoms with Gasteiger partial charge in [-0.25, -0.2) is 0 Å². The molecule has 104 valence electrons. The lowest BCUT2D eigenvalue weighted by molar-refractivity contribution is 0.188. The molecule has 1 heterocycles. The van der Waals surface area contributed by atoms with Crippen LogP contribution in [0.25, 0.3) is 0 Å². The Bertz CT molecular complexity index is 358. The van der Waals surface area contributed by atoms with Crippen LogP contribution in [0.2, 0.25) is 0 Å². The molecular weight excluding hydrogens is 226 g/mol. The molecule has 0 amide bonds. The van der Waals surface area contributed by atoms with Crippen molar-refractivity contribution in [3.63, 3.8) is 0 Å². The van der Waals surface area contributed by atoms with E-state index in [4.69, 9.17) is 9.15 Å². The molecule has 1 aromatic heterocycles. The molecule has 0 saturated carbocycles. The first-order chi connectivity index (χ1) is 8.61. The van der Waals surface area contributed by atoms with Gasteiger partial charge in [-0.15, -0.1) is 0 Å². The Morgan fingerprint density at radius 1 is 1.22 bits per heavy atom. The summed E-state index contributed by atoms with van der Waals surface area (Å²) in [6, 6.07) is 0.387. The fourth-order valence-electron chi connectivity index (χ4n) is 2.42. The van der Waals surface area contributed by atoms with E-state index in [-0.39, 0.29) is 0 Å². The summed E-state index contributed by atoms with van der Waals surface area (Å²) in [7, 11) is 1.76. The zero-order chi connectivity index (χ0) is 13.5. The summed E-state index contributed by atoms with van der Waals surface area (Å²) in [5.41, 5.74) is 2.63. The van der Waals surface area contributed by atoms with Crippen LogP contribution in [0.3, 0.4) is 0 Å². The second kappa shape index (κ2) is 7.59. The molecule has 1 aromatic rings. The van der Waals surface area contributed by atoms with Gasteiger partial charge in [0.1, 0.15) is 11.5 Å². The maximum Gasteiger partial charge on any atom is 0.106 e. The molecule has 1 atom stereocenters. The first-order valence-corrected chi connectivity index (χ1v) is 6.90. The molecule has 0 fully saturated rings. The highest BCUT2D eigenvalue weighted by Crippen LogP contribution is 2.29. The van der Waals surface area contributed by atoms with Crippen molar-refractivity contribution in [3.8, 4) is 0 Å². The predicted octanol–water partition coefficient (Wildman–Crippen LogP) is 3.67. The number of furan rings is 1. The van der Waals surface area contributed by atoms with Crippen LogP contribution in [0.4, 0.5) is 0 Å². The van der Waals surface area contributed by atoms with Crippen molar-refractivity contribution in [2.75, 3.05) is 20.3 Å². The average molecular weight is 253 g/mol. The quantitative estimate of drug-likeness (QED) is 0.718. The van der Waals surface area contributed by atoms with Crippen LogP contribution >= 0.6 is 0 Å². The first-order valence-electron chi connectivity index (χ1n) is 6.90. The number of hydrogen-bond acceptors (Lipinski definition) is 3. The Labute approximate surface area is 111 Å². The normalized spacial score (nSPS) is 12.9. The maximum atomic E-state index is 5.74. The lowest BCUT2D eigenvalue weighted by Gasteiger charge is -2.19. The van der Waals surface area contributed by atoms with E-state index in [1.807, 2.05) is 6.92 Å². The molecule has 0 spiro atoms. The van der Waals surface area contributed by atoms with Gasteiger partial charge in [0, 0.05) is 25.3 Å². The van der Waals surface area contributed by atoms with Crippen LogP contribution in [0.15, 0.2) is 4.42 Å². The summed E-state index contributed by atoms with van der Waals surface area (Å²) in [5, 5.41) is 3.62. The third-order valence-electron chi connectivity index (χ3n) is 3.45. The standard InChI is InChI=1S/C15H27NO2/c1-6-9-16-14(8-7-10-17-5)15-11(2)12(3)18-13(15)4/h14,16H,6-10H2,1-5H3. The molecular formula is C15H27NO2. The van der Waals surface area contributed by atoms with E-state index in [1.54, 1.807) is 7.11 Å². The number of hydrogen-bond donors (Lipinski definition) is 1. The largest absolute Gasteiger partial charge is 0.466 e. The molecule has 0 aliphatic rings. The molecule has 0 radical (unpaired) electrons. The highest BCUT2D eigenvalue weighted by atomic mass is 16.5. The van der Waals surface area contributed by atoms with Gasteiger partial charge < -0.3 is 14.5 Å². The van der Waals surface area contributed by atoms with E-state index >= 15 is 0 Å². The Morgan fingerprint density at radius 2 is 1.94 bits per heavy atom. The molecule has 0 aliphatic heterocycles. The number of aryl methyl sites for hydroxylation is 2. The van der Waals surface area contributed by atoms with Gasteiger partial charge in [-0.2, -0.15) is 0 Å². The van der Waals surface area contributed by atoms with Crippen molar-refractivity contribution in [1.29, 1.82) is 0 Å². The highest BCUT2D eigenvalue weighted by Gasteiger charge is 2.20. The molecule has 0 aliphatic carbocycles. The summed E-state index contributed by atoms with van der Waals surface area (Å²) in [5.74, 6) is 2.09. The molecule has 18 heavy (non-hydrogen) atoms. The van der Waals surface area contributed by atoms with Crippen LogP contribution in [-0.4, -0.2) is 20.3 Å².